The summed E-state index contributed by atoms with van der Waals surface area (Å²) in [5.74, 6) is -0.395. The Morgan fingerprint density at radius 1 is 1.33 bits per heavy atom. The zero-order chi connectivity index (χ0) is 8.91. The summed E-state index contributed by atoms with van der Waals surface area (Å²) < 4.78 is 30.3. The molecule has 0 saturated heterocycles. The van der Waals surface area contributed by atoms with Crippen LogP contribution in [0.3, 0.4) is 0 Å². The summed E-state index contributed by atoms with van der Waals surface area (Å²) in [4.78, 5) is 0. The quantitative estimate of drug-likeness (QED) is 0.347. The molecule has 0 bridgehead atoms. The van der Waals surface area contributed by atoms with Crippen LogP contribution in [0.5, 0.6) is 0 Å². The van der Waals surface area contributed by atoms with Crippen LogP contribution in [0.2, 0.25) is 0 Å². The summed E-state index contributed by atoms with van der Waals surface area (Å²) in [5.41, 5.74) is 10.6. The Labute approximate surface area is 94.9 Å². The van der Waals surface area contributed by atoms with E-state index in [-0.39, 0.29) is 42.0 Å². The van der Waals surface area contributed by atoms with Gasteiger partial charge in [0.2, 0.25) is 0 Å². The molecular weight excluding hydrogens is 191 g/mol. The molecule has 1 atom stereocenters. The van der Waals surface area contributed by atoms with Gasteiger partial charge in [-0.15, -0.1) is 0 Å². The number of rotatable bonds is 5. The number of nitrogens with two attached hydrogens (primary N) is 2. The van der Waals surface area contributed by atoms with Gasteiger partial charge in [0.1, 0.15) is 0 Å². The summed E-state index contributed by atoms with van der Waals surface area (Å²) in [7, 11) is -4.11. The van der Waals surface area contributed by atoms with Crippen LogP contribution >= 0.6 is 0 Å². The average Bonchev–Trinajstić information content (AvgIpc) is 1.83. The van der Waals surface area contributed by atoms with Gasteiger partial charge in [-0.3, -0.25) is 0 Å². The van der Waals surface area contributed by atoms with Crippen molar-refractivity contribution in [2.45, 2.75) is 18.9 Å². The van der Waals surface area contributed by atoms with Crippen molar-refractivity contribution in [1.82, 2.24) is 0 Å². The summed E-state index contributed by atoms with van der Waals surface area (Å²) in [6, 6.07) is -0.274. The van der Waals surface area contributed by atoms with Crippen LogP contribution in [0.4, 0.5) is 0 Å². The summed E-state index contributed by atoms with van der Waals surface area (Å²) in [6.45, 7) is 0.417. The van der Waals surface area contributed by atoms with E-state index in [0.29, 0.717) is 13.0 Å². The van der Waals surface area contributed by atoms with Crippen molar-refractivity contribution in [3.63, 3.8) is 0 Å². The van der Waals surface area contributed by atoms with Gasteiger partial charge in [-0.2, -0.15) is 0 Å². The summed E-state index contributed by atoms with van der Waals surface area (Å²) >= 11 is 0. The molecule has 0 fully saturated rings. The first-order valence-corrected chi connectivity index (χ1v) is 4.92. The largest absolute Gasteiger partial charge is 1.00 e. The minimum absolute atomic E-state index is 0. The molecule has 0 aliphatic carbocycles. The van der Waals surface area contributed by atoms with Crippen molar-refractivity contribution < 1.29 is 42.5 Å². The Bertz CT molecular complexity index is 195. The van der Waals surface area contributed by atoms with E-state index in [1.807, 2.05) is 0 Å². The maximum absolute atomic E-state index is 10.1. The Morgan fingerprint density at radius 3 is 2.17 bits per heavy atom. The molecule has 0 saturated carbocycles. The SMILES string of the molecule is NCCC(N)CCS(=O)(=O)[O-].[Na+]. The minimum atomic E-state index is -4.11. The molecule has 1 unspecified atom stereocenters. The monoisotopic (exact) mass is 204 g/mol. The molecule has 0 aromatic carbocycles. The molecule has 12 heavy (non-hydrogen) atoms. The third kappa shape index (κ3) is 10.8. The van der Waals surface area contributed by atoms with Gasteiger partial charge >= 0.3 is 29.6 Å². The second-order valence-corrected chi connectivity index (χ2v) is 3.91. The van der Waals surface area contributed by atoms with E-state index in [1.54, 1.807) is 0 Å². The molecule has 0 aromatic rings. The van der Waals surface area contributed by atoms with Crippen molar-refractivity contribution in [2.75, 3.05) is 12.3 Å². The van der Waals surface area contributed by atoms with Gasteiger partial charge in [-0.05, 0) is 19.4 Å². The maximum atomic E-state index is 10.1. The van der Waals surface area contributed by atoms with E-state index >= 15 is 0 Å². The van der Waals surface area contributed by atoms with Crippen LogP contribution in [0.25, 0.3) is 0 Å². The predicted molar refractivity (Wildman–Crippen MR) is 40.8 cm³/mol. The third-order valence-electron chi connectivity index (χ3n) is 1.28. The smallest absolute Gasteiger partial charge is 0.748 e. The molecule has 0 aliphatic rings. The van der Waals surface area contributed by atoms with E-state index in [0.717, 1.165) is 0 Å². The molecule has 0 aliphatic heterocycles. The molecule has 7 heteroatoms. The maximum Gasteiger partial charge on any atom is 1.00 e. The first kappa shape index (κ1) is 15.3. The molecular formula is C5H13N2NaO3S. The Hall–Kier alpha value is 0.830. The van der Waals surface area contributed by atoms with Crippen molar-refractivity contribution in [3.8, 4) is 0 Å². The van der Waals surface area contributed by atoms with E-state index in [1.165, 1.54) is 0 Å². The normalized spacial score (nSPS) is 13.6. The van der Waals surface area contributed by atoms with Gasteiger partial charge in [0.25, 0.3) is 0 Å². The van der Waals surface area contributed by atoms with Gasteiger partial charge < -0.3 is 16.0 Å². The van der Waals surface area contributed by atoms with E-state index < -0.39 is 15.9 Å². The van der Waals surface area contributed by atoms with Gasteiger partial charge in [0.05, 0.1) is 10.1 Å². The van der Waals surface area contributed by atoms with Crippen molar-refractivity contribution in [3.05, 3.63) is 0 Å². The zero-order valence-corrected chi connectivity index (χ0v) is 10.0. The number of hydrogen-bond donors (Lipinski definition) is 2. The van der Waals surface area contributed by atoms with Crippen molar-refractivity contribution >= 4 is 10.1 Å². The van der Waals surface area contributed by atoms with E-state index in [4.69, 9.17) is 11.5 Å². The minimum Gasteiger partial charge on any atom is -0.748 e. The van der Waals surface area contributed by atoms with Gasteiger partial charge in [0.15, 0.2) is 0 Å². The van der Waals surface area contributed by atoms with Crippen molar-refractivity contribution in [2.24, 2.45) is 11.5 Å². The van der Waals surface area contributed by atoms with Crippen molar-refractivity contribution in [1.29, 1.82) is 0 Å². The van der Waals surface area contributed by atoms with Gasteiger partial charge in [0, 0.05) is 11.8 Å². The molecule has 0 spiro atoms. The first-order valence-electron chi connectivity index (χ1n) is 3.35. The molecule has 0 amide bonds. The molecule has 0 radical (unpaired) electrons. The molecule has 5 nitrogen and oxygen atoms in total. The van der Waals surface area contributed by atoms with E-state index in [2.05, 4.69) is 0 Å². The van der Waals surface area contributed by atoms with Gasteiger partial charge in [-0.25, -0.2) is 8.42 Å². The van der Waals surface area contributed by atoms with Crippen LogP contribution in [0, 0.1) is 0 Å². The Kier molecular flexibility index (Phi) is 9.25. The van der Waals surface area contributed by atoms with Gasteiger partial charge in [-0.1, -0.05) is 0 Å². The third-order valence-corrected chi connectivity index (χ3v) is 2.01. The first-order chi connectivity index (χ1) is 4.95. The fourth-order valence-electron chi connectivity index (χ4n) is 0.654. The van der Waals surface area contributed by atoms with Crippen LogP contribution in [-0.2, 0) is 10.1 Å². The molecule has 4 N–H and O–H groups in total. The second-order valence-electron chi connectivity index (χ2n) is 2.39. The molecule has 0 heterocycles. The molecule has 0 aromatic heterocycles. The molecule has 0 rings (SSSR count). The Balaban J connectivity index is 0. The predicted octanol–water partition coefficient (Wildman–Crippen LogP) is -4.40. The second kappa shape index (κ2) is 7.25. The van der Waals surface area contributed by atoms with Crippen LogP contribution in [-0.4, -0.2) is 31.3 Å². The van der Waals surface area contributed by atoms with E-state index in [9.17, 15) is 13.0 Å². The molecule has 68 valence electrons. The van der Waals surface area contributed by atoms with Crippen LogP contribution in [0.1, 0.15) is 12.8 Å². The average molecular weight is 204 g/mol. The fraction of sp³-hybridized carbons (Fsp3) is 1.00. The van der Waals surface area contributed by atoms with Crippen LogP contribution < -0.4 is 41.0 Å². The zero-order valence-electron chi connectivity index (χ0n) is 7.19. The Morgan fingerprint density at radius 2 is 1.83 bits per heavy atom. The summed E-state index contributed by atoms with van der Waals surface area (Å²) in [6.07, 6.45) is 0.749. The topological polar surface area (TPSA) is 109 Å². The van der Waals surface area contributed by atoms with Crippen LogP contribution in [0.15, 0.2) is 0 Å². The fourth-order valence-corrected chi connectivity index (χ4v) is 1.25. The summed E-state index contributed by atoms with van der Waals surface area (Å²) in [5, 5.41) is 0. The number of hydrogen-bond acceptors (Lipinski definition) is 5. The standard InChI is InChI=1S/C5H14N2O3S.Na/c6-3-1-5(7)2-4-11(8,9)10;/h5H,1-4,6-7H2,(H,8,9,10);/q;+1/p-1.